The van der Waals surface area contributed by atoms with Gasteiger partial charge in [-0.1, -0.05) is 35.3 Å². The second kappa shape index (κ2) is 10.5. The number of halogens is 2. The number of hydrogen-bond donors (Lipinski definition) is 3. The van der Waals surface area contributed by atoms with E-state index in [-0.39, 0.29) is 45.9 Å². The monoisotopic (exact) mass is 513 g/mol. The number of nitrogens with one attached hydrogen (secondary N) is 2. The van der Waals surface area contributed by atoms with Gasteiger partial charge in [0.25, 0.3) is 11.5 Å². The predicted molar refractivity (Wildman–Crippen MR) is 128 cm³/mol. The molecular formula is C23H17Cl2N5O5. The number of nitrogens with zero attached hydrogens (tertiary/aromatic N) is 3. The van der Waals surface area contributed by atoms with Crippen LogP contribution in [-0.2, 0) is 13.2 Å². The third-order valence-corrected chi connectivity index (χ3v) is 5.39. The van der Waals surface area contributed by atoms with Gasteiger partial charge in [-0.25, -0.2) is 4.79 Å². The molecule has 0 bridgehead atoms. The van der Waals surface area contributed by atoms with E-state index in [1.54, 1.807) is 30.6 Å². The number of amides is 1. The number of carbonyl (C=O) groups excluding carboxylic acids is 1. The van der Waals surface area contributed by atoms with E-state index in [1.165, 1.54) is 18.2 Å². The van der Waals surface area contributed by atoms with Crippen molar-refractivity contribution in [3.8, 4) is 17.2 Å². The van der Waals surface area contributed by atoms with Gasteiger partial charge < -0.3 is 15.2 Å². The Labute approximate surface area is 207 Å². The van der Waals surface area contributed by atoms with E-state index in [0.717, 1.165) is 16.4 Å². The van der Waals surface area contributed by atoms with Crippen molar-refractivity contribution < 1.29 is 14.6 Å². The average Bonchev–Trinajstić information content (AvgIpc) is 2.85. The van der Waals surface area contributed by atoms with E-state index in [2.05, 4.69) is 20.4 Å². The van der Waals surface area contributed by atoms with Crippen LogP contribution in [-0.4, -0.2) is 30.8 Å². The first kappa shape index (κ1) is 24.1. The van der Waals surface area contributed by atoms with E-state index < -0.39 is 17.2 Å². The zero-order chi connectivity index (χ0) is 24.9. The van der Waals surface area contributed by atoms with Gasteiger partial charge in [0, 0.05) is 24.5 Å². The first-order valence-corrected chi connectivity index (χ1v) is 10.9. The normalized spacial score (nSPS) is 10.7. The van der Waals surface area contributed by atoms with Crippen LogP contribution in [0.4, 0.5) is 0 Å². The summed E-state index contributed by atoms with van der Waals surface area (Å²) >= 11 is 12.7. The molecular weight excluding hydrogens is 497 g/mol. The minimum atomic E-state index is -0.764. The van der Waals surface area contributed by atoms with Crippen molar-refractivity contribution in [2.45, 2.75) is 13.2 Å². The Hall–Kier alpha value is -3.99. The molecule has 178 valence electrons. The quantitative estimate of drug-likeness (QED) is 0.345. The molecule has 2 aromatic carbocycles. The van der Waals surface area contributed by atoms with E-state index in [9.17, 15) is 19.5 Å². The van der Waals surface area contributed by atoms with Crippen LogP contribution in [0.3, 0.4) is 0 Å². The summed E-state index contributed by atoms with van der Waals surface area (Å²) in [6, 6.07) is 10.9. The summed E-state index contributed by atoms with van der Waals surface area (Å²) in [6.45, 7) is -0.104. The number of benzene rings is 2. The third kappa shape index (κ3) is 5.57. The molecule has 0 spiro atoms. The molecule has 0 radical (unpaired) electrons. The van der Waals surface area contributed by atoms with E-state index >= 15 is 0 Å². The molecule has 2 aromatic heterocycles. The minimum Gasteiger partial charge on any atom is -0.454 e. The standard InChI is InChI=1S/C23H17Cl2N5O5/c24-18-6-15(30-23(34)29-20(32)11-28-30)7-19(25)21(18)35-16-4-3-14(12-31)17(8-16)22(33)27-10-13-2-1-5-26-9-13/h1-9,11,31H,10,12H2,(H,27,33)(H,29,32,34). The van der Waals surface area contributed by atoms with Gasteiger partial charge in [0.05, 0.1) is 22.3 Å². The van der Waals surface area contributed by atoms with Crippen molar-refractivity contribution in [1.29, 1.82) is 0 Å². The zero-order valence-electron chi connectivity index (χ0n) is 17.9. The number of aliphatic hydroxyl groups is 1. The van der Waals surface area contributed by atoms with Crippen LogP contribution < -0.4 is 21.3 Å². The van der Waals surface area contributed by atoms with Gasteiger partial charge >= 0.3 is 5.69 Å². The number of ether oxygens (including phenoxy) is 1. The van der Waals surface area contributed by atoms with Crippen molar-refractivity contribution >= 4 is 29.1 Å². The third-order valence-electron chi connectivity index (χ3n) is 4.83. The summed E-state index contributed by atoms with van der Waals surface area (Å²) in [5.41, 5.74) is 0.224. The van der Waals surface area contributed by atoms with Gasteiger partial charge in [-0.3, -0.25) is 19.6 Å². The molecule has 0 unspecified atom stereocenters. The highest BCUT2D eigenvalue weighted by molar-refractivity contribution is 6.37. The van der Waals surface area contributed by atoms with Gasteiger partial charge in [0.1, 0.15) is 11.9 Å². The lowest BCUT2D eigenvalue weighted by atomic mass is 10.1. The fourth-order valence-electron chi connectivity index (χ4n) is 3.17. The number of H-pyrrole nitrogens is 1. The smallest absolute Gasteiger partial charge is 0.349 e. The van der Waals surface area contributed by atoms with Crippen LogP contribution in [0.1, 0.15) is 21.5 Å². The maximum absolute atomic E-state index is 12.8. The topological polar surface area (TPSA) is 139 Å². The lowest BCUT2D eigenvalue weighted by Crippen LogP contribution is -2.30. The van der Waals surface area contributed by atoms with Crippen molar-refractivity contribution in [2.24, 2.45) is 0 Å². The molecule has 4 aromatic rings. The highest BCUT2D eigenvalue weighted by Gasteiger charge is 2.17. The summed E-state index contributed by atoms with van der Waals surface area (Å²) in [7, 11) is 0. The van der Waals surface area contributed by atoms with Crippen molar-refractivity contribution in [3.63, 3.8) is 0 Å². The molecule has 0 saturated carbocycles. The number of hydrogen-bond acceptors (Lipinski definition) is 7. The van der Waals surface area contributed by atoms with Gasteiger partial charge in [-0.05, 0) is 41.5 Å². The highest BCUT2D eigenvalue weighted by atomic mass is 35.5. The SMILES string of the molecule is O=C(NCc1cccnc1)c1cc(Oc2c(Cl)cc(-n3ncc(=O)[nH]c3=O)cc2Cl)ccc1CO. The van der Waals surface area contributed by atoms with Crippen LogP contribution in [0.25, 0.3) is 5.69 Å². The maximum atomic E-state index is 12.8. The summed E-state index contributed by atoms with van der Waals surface area (Å²) < 4.78 is 6.75. The molecule has 12 heteroatoms. The summed E-state index contributed by atoms with van der Waals surface area (Å²) in [4.78, 5) is 42.1. The number of pyridine rings is 1. The van der Waals surface area contributed by atoms with Crippen LogP contribution in [0.5, 0.6) is 11.5 Å². The van der Waals surface area contributed by atoms with Crippen molar-refractivity contribution in [2.75, 3.05) is 0 Å². The molecule has 10 nitrogen and oxygen atoms in total. The predicted octanol–water partition coefficient (Wildman–Crippen LogP) is 2.84. The average molecular weight is 514 g/mol. The Morgan fingerprint density at radius 1 is 1.11 bits per heavy atom. The van der Waals surface area contributed by atoms with E-state index in [0.29, 0.717) is 5.56 Å². The Balaban J connectivity index is 1.59. The van der Waals surface area contributed by atoms with Crippen molar-refractivity contribution in [1.82, 2.24) is 25.1 Å². The molecule has 0 atom stereocenters. The Morgan fingerprint density at radius 2 is 1.89 bits per heavy atom. The van der Waals surface area contributed by atoms with Crippen molar-refractivity contribution in [3.05, 3.63) is 109 Å². The fourth-order valence-corrected chi connectivity index (χ4v) is 3.72. The summed E-state index contributed by atoms with van der Waals surface area (Å²) in [5, 5.41) is 16.3. The molecule has 0 aliphatic rings. The first-order chi connectivity index (χ1) is 16.9. The number of rotatable bonds is 7. The Morgan fingerprint density at radius 3 is 2.54 bits per heavy atom. The second-order valence-electron chi connectivity index (χ2n) is 7.21. The molecule has 0 saturated heterocycles. The first-order valence-electron chi connectivity index (χ1n) is 10.1. The van der Waals surface area contributed by atoms with Crippen LogP contribution >= 0.6 is 23.2 Å². The van der Waals surface area contributed by atoms with Gasteiger partial charge in [0.15, 0.2) is 5.75 Å². The van der Waals surface area contributed by atoms with Crippen LogP contribution in [0.2, 0.25) is 10.0 Å². The Kier molecular flexibility index (Phi) is 7.25. The zero-order valence-corrected chi connectivity index (χ0v) is 19.4. The fraction of sp³-hybridized carbons (Fsp3) is 0.0870. The number of carbonyl (C=O) groups is 1. The summed E-state index contributed by atoms with van der Waals surface area (Å²) in [6.07, 6.45) is 4.21. The number of aliphatic hydroxyl groups excluding tert-OH is 1. The van der Waals surface area contributed by atoms with Gasteiger partial charge in [-0.2, -0.15) is 9.78 Å². The molecule has 2 heterocycles. The molecule has 1 amide bonds. The molecule has 35 heavy (non-hydrogen) atoms. The van der Waals surface area contributed by atoms with E-state index in [1.807, 2.05) is 6.07 Å². The van der Waals surface area contributed by atoms with Gasteiger partial charge in [-0.15, -0.1) is 0 Å². The Bertz CT molecular complexity index is 1480. The number of aromatic nitrogens is 4. The highest BCUT2D eigenvalue weighted by Crippen LogP contribution is 2.38. The molecule has 3 N–H and O–H groups in total. The lowest BCUT2D eigenvalue weighted by molar-refractivity contribution is 0.0947. The molecule has 0 fully saturated rings. The second-order valence-corrected chi connectivity index (χ2v) is 8.03. The minimum absolute atomic E-state index is 0.0567. The van der Waals surface area contributed by atoms with Crippen LogP contribution in [0.15, 0.2) is 70.6 Å². The summed E-state index contributed by atoms with van der Waals surface area (Å²) in [5.74, 6) is -0.1000. The van der Waals surface area contributed by atoms with Gasteiger partial charge in [0.2, 0.25) is 0 Å². The van der Waals surface area contributed by atoms with Crippen LogP contribution in [0, 0.1) is 0 Å². The molecule has 0 aliphatic heterocycles. The molecule has 0 aliphatic carbocycles. The largest absolute Gasteiger partial charge is 0.454 e. The lowest BCUT2D eigenvalue weighted by Gasteiger charge is -2.14. The van der Waals surface area contributed by atoms with E-state index in [4.69, 9.17) is 27.9 Å². The maximum Gasteiger partial charge on any atom is 0.349 e. The molecule has 4 rings (SSSR count). The number of aromatic amines is 1.